The predicted molar refractivity (Wildman–Crippen MR) is 93.7 cm³/mol. The number of aromatic nitrogens is 2. The predicted octanol–water partition coefficient (Wildman–Crippen LogP) is 0.966. The highest BCUT2D eigenvalue weighted by Gasteiger charge is 2.39. The van der Waals surface area contributed by atoms with Crippen molar-refractivity contribution in [3.8, 4) is 5.75 Å². The fourth-order valence-corrected chi connectivity index (χ4v) is 4.91. The SMILES string of the molecule is COc1cccc(CS(=O)(=O)N2C[C@@H](CO)[C@H](c3cnn(C)c3)C2)c1. The van der Waals surface area contributed by atoms with Gasteiger partial charge in [0, 0.05) is 44.8 Å². The molecule has 0 amide bonds. The van der Waals surface area contributed by atoms with E-state index in [0.717, 1.165) is 5.56 Å². The lowest BCUT2D eigenvalue weighted by molar-refractivity contribution is 0.223. The highest BCUT2D eigenvalue weighted by molar-refractivity contribution is 7.88. The zero-order valence-corrected chi connectivity index (χ0v) is 15.2. The van der Waals surface area contributed by atoms with Gasteiger partial charge in [-0.05, 0) is 23.3 Å². The van der Waals surface area contributed by atoms with Crippen LogP contribution in [0.1, 0.15) is 17.0 Å². The molecule has 1 aromatic heterocycles. The van der Waals surface area contributed by atoms with Gasteiger partial charge in [-0.1, -0.05) is 12.1 Å². The number of aryl methyl sites for hydroxylation is 1. The maximum absolute atomic E-state index is 12.8. The second kappa shape index (κ2) is 7.15. The van der Waals surface area contributed by atoms with E-state index < -0.39 is 10.0 Å². The molecule has 1 saturated heterocycles. The third-order valence-corrected chi connectivity index (χ3v) is 6.45. The average Bonchev–Trinajstić information content (AvgIpc) is 3.20. The second-order valence-electron chi connectivity index (χ2n) is 6.42. The van der Waals surface area contributed by atoms with Gasteiger partial charge in [0.15, 0.2) is 0 Å². The summed E-state index contributed by atoms with van der Waals surface area (Å²) in [7, 11) is -0.0986. The van der Waals surface area contributed by atoms with Crippen molar-refractivity contribution >= 4 is 10.0 Å². The van der Waals surface area contributed by atoms with Crippen molar-refractivity contribution in [1.82, 2.24) is 14.1 Å². The van der Waals surface area contributed by atoms with E-state index >= 15 is 0 Å². The summed E-state index contributed by atoms with van der Waals surface area (Å²) in [6.07, 6.45) is 3.62. The molecule has 0 spiro atoms. The Morgan fingerprint density at radius 2 is 2.16 bits per heavy atom. The van der Waals surface area contributed by atoms with Gasteiger partial charge in [-0.15, -0.1) is 0 Å². The smallest absolute Gasteiger partial charge is 0.218 e. The standard InChI is InChI=1S/C17H23N3O4S/c1-19-8-14(7-18-19)17-10-20(9-15(17)11-21)25(22,23)12-13-4-3-5-16(6-13)24-2/h3-8,15,17,21H,9-12H2,1-2H3/t15-,17-/m0/s1. The Bertz CT molecular complexity index is 834. The number of nitrogens with zero attached hydrogens (tertiary/aromatic N) is 3. The summed E-state index contributed by atoms with van der Waals surface area (Å²) in [6, 6.07) is 7.07. The molecule has 7 nitrogen and oxygen atoms in total. The Morgan fingerprint density at radius 3 is 2.80 bits per heavy atom. The van der Waals surface area contributed by atoms with Crippen molar-refractivity contribution in [1.29, 1.82) is 0 Å². The summed E-state index contributed by atoms with van der Waals surface area (Å²) in [5.74, 6) is 0.390. The zero-order valence-electron chi connectivity index (χ0n) is 14.4. The molecule has 2 heterocycles. The van der Waals surface area contributed by atoms with E-state index in [-0.39, 0.29) is 24.2 Å². The number of aliphatic hydroxyl groups excluding tert-OH is 1. The molecule has 1 aliphatic heterocycles. The molecule has 25 heavy (non-hydrogen) atoms. The summed E-state index contributed by atoms with van der Waals surface area (Å²) in [5.41, 5.74) is 1.64. The van der Waals surface area contributed by atoms with Gasteiger partial charge in [-0.25, -0.2) is 12.7 Å². The number of sulfonamides is 1. The van der Waals surface area contributed by atoms with Crippen molar-refractivity contribution in [3.63, 3.8) is 0 Å². The van der Waals surface area contributed by atoms with E-state index in [0.29, 0.717) is 24.4 Å². The van der Waals surface area contributed by atoms with Crippen LogP contribution in [0.25, 0.3) is 0 Å². The monoisotopic (exact) mass is 365 g/mol. The van der Waals surface area contributed by atoms with Crippen molar-refractivity contribution in [2.24, 2.45) is 13.0 Å². The lowest BCUT2D eigenvalue weighted by Crippen LogP contribution is -2.30. The minimum absolute atomic E-state index is 0.0428. The van der Waals surface area contributed by atoms with E-state index in [2.05, 4.69) is 5.10 Å². The number of rotatable bonds is 6. The Kier molecular flexibility index (Phi) is 5.12. The molecule has 3 rings (SSSR count). The number of aliphatic hydroxyl groups is 1. The molecule has 0 saturated carbocycles. The van der Waals surface area contributed by atoms with Gasteiger partial charge < -0.3 is 9.84 Å². The van der Waals surface area contributed by atoms with Crippen LogP contribution in [0, 0.1) is 5.92 Å². The molecule has 0 aliphatic carbocycles. The van der Waals surface area contributed by atoms with Crippen molar-refractivity contribution in [2.45, 2.75) is 11.7 Å². The first-order chi connectivity index (χ1) is 11.9. The summed E-state index contributed by atoms with van der Waals surface area (Å²) in [4.78, 5) is 0. The molecule has 0 bridgehead atoms. The molecule has 2 atom stereocenters. The van der Waals surface area contributed by atoms with Gasteiger partial charge in [0.25, 0.3) is 0 Å². The second-order valence-corrected chi connectivity index (χ2v) is 8.39. The molecule has 0 radical (unpaired) electrons. The molecule has 136 valence electrons. The van der Waals surface area contributed by atoms with E-state index in [1.165, 1.54) is 4.31 Å². The average molecular weight is 365 g/mol. The van der Waals surface area contributed by atoms with Gasteiger partial charge >= 0.3 is 0 Å². The number of hydrogen-bond donors (Lipinski definition) is 1. The quantitative estimate of drug-likeness (QED) is 0.824. The van der Waals surface area contributed by atoms with Crippen LogP contribution in [0.5, 0.6) is 5.75 Å². The first-order valence-electron chi connectivity index (χ1n) is 8.13. The van der Waals surface area contributed by atoms with Crippen LogP contribution in [0.15, 0.2) is 36.7 Å². The normalized spacial score (nSPS) is 21.6. The topological polar surface area (TPSA) is 84.7 Å². The molecule has 0 unspecified atom stereocenters. The van der Waals surface area contributed by atoms with Gasteiger partial charge in [0.1, 0.15) is 5.75 Å². The van der Waals surface area contributed by atoms with Gasteiger partial charge in [-0.2, -0.15) is 5.10 Å². The van der Waals surface area contributed by atoms with Crippen LogP contribution < -0.4 is 4.74 Å². The maximum Gasteiger partial charge on any atom is 0.218 e. The van der Waals surface area contributed by atoms with E-state index in [9.17, 15) is 13.5 Å². The summed E-state index contributed by atoms with van der Waals surface area (Å²) in [6.45, 7) is 0.635. The largest absolute Gasteiger partial charge is 0.497 e. The minimum Gasteiger partial charge on any atom is -0.497 e. The van der Waals surface area contributed by atoms with Crippen molar-refractivity contribution < 1.29 is 18.3 Å². The lowest BCUT2D eigenvalue weighted by atomic mass is 9.92. The number of benzene rings is 1. The Morgan fingerprint density at radius 1 is 1.36 bits per heavy atom. The highest BCUT2D eigenvalue weighted by Crippen LogP contribution is 2.34. The Balaban J connectivity index is 1.78. The van der Waals surface area contributed by atoms with E-state index in [4.69, 9.17) is 4.74 Å². The van der Waals surface area contributed by atoms with Crippen molar-refractivity contribution in [2.75, 3.05) is 26.8 Å². The molecule has 1 aromatic carbocycles. The van der Waals surface area contributed by atoms with Crippen LogP contribution >= 0.6 is 0 Å². The van der Waals surface area contributed by atoms with Crippen LogP contribution in [0.3, 0.4) is 0 Å². The van der Waals surface area contributed by atoms with Crippen molar-refractivity contribution in [3.05, 3.63) is 47.8 Å². The molecule has 1 aliphatic rings. The fourth-order valence-electron chi connectivity index (χ4n) is 3.32. The lowest BCUT2D eigenvalue weighted by Gasteiger charge is -2.16. The molecule has 1 N–H and O–H groups in total. The summed E-state index contributed by atoms with van der Waals surface area (Å²) < 4.78 is 34.0. The maximum atomic E-state index is 12.8. The van der Waals surface area contributed by atoms with Crippen LogP contribution in [0.4, 0.5) is 0 Å². The Hall–Kier alpha value is -1.90. The number of ether oxygens (including phenoxy) is 1. The Labute approximate surface area is 147 Å². The highest BCUT2D eigenvalue weighted by atomic mass is 32.2. The first-order valence-corrected chi connectivity index (χ1v) is 9.74. The van der Waals surface area contributed by atoms with Crippen LogP contribution in [-0.4, -0.2) is 54.4 Å². The van der Waals surface area contributed by atoms with Gasteiger partial charge in [-0.3, -0.25) is 4.68 Å². The first kappa shape index (κ1) is 17.9. The minimum atomic E-state index is -3.48. The fraction of sp³-hybridized carbons (Fsp3) is 0.471. The molecular formula is C17H23N3O4S. The number of hydrogen-bond acceptors (Lipinski definition) is 5. The third kappa shape index (κ3) is 3.86. The molecule has 8 heteroatoms. The molecular weight excluding hydrogens is 342 g/mol. The molecule has 1 fully saturated rings. The number of methoxy groups -OCH3 is 1. The van der Waals surface area contributed by atoms with Gasteiger partial charge in [0.05, 0.1) is 19.1 Å². The molecule has 2 aromatic rings. The third-order valence-electron chi connectivity index (χ3n) is 4.67. The van der Waals surface area contributed by atoms with Crippen LogP contribution in [0.2, 0.25) is 0 Å². The summed E-state index contributed by atoms with van der Waals surface area (Å²) in [5, 5.41) is 13.8. The van der Waals surface area contributed by atoms with Crippen LogP contribution in [-0.2, 0) is 22.8 Å². The zero-order chi connectivity index (χ0) is 18.0. The van der Waals surface area contributed by atoms with E-state index in [1.54, 1.807) is 42.3 Å². The van der Waals surface area contributed by atoms with Gasteiger partial charge in [0.2, 0.25) is 10.0 Å². The summed E-state index contributed by atoms with van der Waals surface area (Å²) >= 11 is 0. The van der Waals surface area contributed by atoms with E-state index in [1.807, 2.05) is 13.2 Å².